The van der Waals surface area contributed by atoms with E-state index in [0.29, 0.717) is 32.4 Å². The van der Waals surface area contributed by atoms with Gasteiger partial charge < -0.3 is 25.4 Å². The zero-order valence-corrected chi connectivity index (χ0v) is 21.6. The summed E-state index contributed by atoms with van der Waals surface area (Å²) in [6.45, 7) is 11.3. The Morgan fingerprint density at radius 3 is 2.09 bits per heavy atom. The van der Waals surface area contributed by atoms with Crippen LogP contribution >= 0.6 is 0 Å². The highest BCUT2D eigenvalue weighted by Gasteiger charge is 2.45. The van der Waals surface area contributed by atoms with Crippen LogP contribution in [-0.4, -0.2) is 64.7 Å². The maximum absolute atomic E-state index is 13.8. The monoisotopic (exact) mass is 489 g/mol. The number of carboxylic acids is 1. The first kappa shape index (κ1) is 28.1. The first-order valence-corrected chi connectivity index (χ1v) is 12.1. The summed E-state index contributed by atoms with van der Waals surface area (Å²) in [6.07, 6.45) is 0.672. The highest BCUT2D eigenvalue weighted by Crippen LogP contribution is 2.36. The van der Waals surface area contributed by atoms with Gasteiger partial charge in [0.05, 0.1) is 5.41 Å². The molecular weight excluding hydrogens is 450 g/mol. The Labute approximate surface area is 207 Å². The van der Waals surface area contributed by atoms with Crippen LogP contribution in [0.15, 0.2) is 30.3 Å². The lowest BCUT2D eigenvalue weighted by atomic mass is 9.71. The van der Waals surface area contributed by atoms with E-state index in [-0.39, 0.29) is 11.8 Å². The summed E-state index contributed by atoms with van der Waals surface area (Å²) in [6, 6.07) is 7.39. The molecule has 0 aliphatic carbocycles. The molecule has 0 bridgehead atoms. The number of nitrogens with one attached hydrogen (secondary N) is 2. The number of hydrogen-bond donors (Lipinski definition) is 3. The Morgan fingerprint density at radius 1 is 1.03 bits per heavy atom. The Balaban J connectivity index is 2.27. The minimum absolute atomic E-state index is 0.0906. The number of amides is 3. The molecule has 194 valence electrons. The van der Waals surface area contributed by atoms with Crippen molar-refractivity contribution in [2.45, 2.75) is 83.9 Å². The van der Waals surface area contributed by atoms with E-state index in [4.69, 9.17) is 9.84 Å². The summed E-state index contributed by atoms with van der Waals surface area (Å²) in [5.41, 5.74) is -0.746. The second kappa shape index (κ2) is 11.6. The number of rotatable bonds is 8. The van der Waals surface area contributed by atoms with Crippen molar-refractivity contribution in [3.8, 4) is 0 Å². The molecule has 0 spiro atoms. The van der Waals surface area contributed by atoms with Gasteiger partial charge in [-0.15, -0.1) is 0 Å². The van der Waals surface area contributed by atoms with Crippen LogP contribution in [0.2, 0.25) is 0 Å². The molecule has 1 aromatic rings. The second-order valence-corrected chi connectivity index (χ2v) is 10.6. The molecule has 1 aromatic carbocycles. The maximum atomic E-state index is 13.8. The number of benzene rings is 1. The number of carbonyl (C=O) groups is 4. The third kappa shape index (κ3) is 7.70. The van der Waals surface area contributed by atoms with Crippen molar-refractivity contribution in [3.63, 3.8) is 0 Å². The van der Waals surface area contributed by atoms with Crippen LogP contribution in [0.25, 0.3) is 0 Å². The van der Waals surface area contributed by atoms with E-state index in [1.165, 1.54) is 6.92 Å². The lowest BCUT2D eigenvalue weighted by Crippen LogP contribution is -2.58. The Hall–Kier alpha value is -3.10. The molecule has 35 heavy (non-hydrogen) atoms. The zero-order valence-electron chi connectivity index (χ0n) is 21.6. The van der Waals surface area contributed by atoms with E-state index in [1.54, 1.807) is 4.90 Å². The van der Waals surface area contributed by atoms with Gasteiger partial charge in [0, 0.05) is 13.1 Å². The van der Waals surface area contributed by atoms with Crippen molar-refractivity contribution in [3.05, 3.63) is 35.9 Å². The van der Waals surface area contributed by atoms with Gasteiger partial charge in [-0.05, 0) is 58.4 Å². The van der Waals surface area contributed by atoms with Gasteiger partial charge in [0.25, 0.3) is 0 Å². The number of aliphatic carboxylic acids is 1. The van der Waals surface area contributed by atoms with Crippen molar-refractivity contribution >= 4 is 23.9 Å². The predicted octanol–water partition coefficient (Wildman–Crippen LogP) is 3.08. The minimum atomic E-state index is -1.15. The molecule has 9 heteroatoms. The SMILES string of the molecule is CC(C)CC(NC(=O)C1(c2ccccc2)CCN(C(=O)OC(C)(C)C)CC1)C(=O)NC(C)C(=O)O. The first-order chi connectivity index (χ1) is 16.2. The van der Waals surface area contributed by atoms with E-state index >= 15 is 0 Å². The molecule has 0 radical (unpaired) electrons. The fraction of sp³-hybridized carbons (Fsp3) is 0.615. The summed E-state index contributed by atoms with van der Waals surface area (Å²) in [4.78, 5) is 52.1. The van der Waals surface area contributed by atoms with Crippen LogP contribution in [-0.2, 0) is 24.5 Å². The summed E-state index contributed by atoms with van der Waals surface area (Å²) in [5.74, 6) is -1.90. The molecule has 0 aromatic heterocycles. The average Bonchev–Trinajstić information content (AvgIpc) is 2.77. The summed E-state index contributed by atoms with van der Waals surface area (Å²) < 4.78 is 5.49. The lowest BCUT2D eigenvalue weighted by Gasteiger charge is -2.42. The van der Waals surface area contributed by atoms with Gasteiger partial charge in [-0.2, -0.15) is 0 Å². The third-order valence-electron chi connectivity index (χ3n) is 6.09. The highest BCUT2D eigenvalue weighted by molar-refractivity contribution is 5.94. The van der Waals surface area contributed by atoms with Gasteiger partial charge in [0.1, 0.15) is 17.7 Å². The molecule has 9 nitrogen and oxygen atoms in total. The second-order valence-electron chi connectivity index (χ2n) is 10.6. The number of piperidine rings is 1. The quantitative estimate of drug-likeness (QED) is 0.515. The molecule has 3 amide bonds. The number of nitrogens with zero attached hydrogens (tertiary/aromatic N) is 1. The summed E-state index contributed by atoms with van der Waals surface area (Å²) in [7, 11) is 0. The van der Waals surface area contributed by atoms with Crippen LogP contribution in [0.5, 0.6) is 0 Å². The molecule has 1 aliphatic heterocycles. The standard InChI is InChI=1S/C26H39N3O6/c1-17(2)16-20(21(30)27-18(3)22(31)32)28-23(33)26(19-10-8-7-9-11-19)12-14-29(15-13-26)24(34)35-25(4,5)6/h7-11,17-18,20H,12-16H2,1-6H3,(H,27,30)(H,28,33)(H,31,32). The van der Waals surface area contributed by atoms with Crippen molar-refractivity contribution in [1.82, 2.24) is 15.5 Å². The molecule has 1 aliphatic rings. The molecule has 2 rings (SSSR count). The number of carbonyl (C=O) groups excluding carboxylic acids is 3. The lowest BCUT2D eigenvalue weighted by molar-refractivity contribution is -0.142. The first-order valence-electron chi connectivity index (χ1n) is 12.1. The van der Waals surface area contributed by atoms with Gasteiger partial charge in [-0.3, -0.25) is 14.4 Å². The van der Waals surface area contributed by atoms with Crippen LogP contribution in [0.4, 0.5) is 4.79 Å². The normalized spacial score (nSPS) is 17.3. The van der Waals surface area contributed by atoms with Crippen molar-refractivity contribution in [2.24, 2.45) is 5.92 Å². The highest BCUT2D eigenvalue weighted by atomic mass is 16.6. The van der Waals surface area contributed by atoms with E-state index in [0.717, 1.165) is 5.56 Å². The number of hydrogen-bond acceptors (Lipinski definition) is 5. The number of carboxylic acid groups (broad SMARTS) is 1. The summed E-state index contributed by atoms with van der Waals surface area (Å²) >= 11 is 0. The predicted molar refractivity (Wildman–Crippen MR) is 132 cm³/mol. The fourth-order valence-electron chi connectivity index (χ4n) is 4.18. The number of likely N-dealkylation sites (tertiary alicyclic amines) is 1. The molecule has 1 heterocycles. The molecular formula is C26H39N3O6. The van der Waals surface area contributed by atoms with Gasteiger partial charge in [0.15, 0.2) is 0 Å². The van der Waals surface area contributed by atoms with Gasteiger partial charge in [-0.1, -0.05) is 44.2 Å². The van der Waals surface area contributed by atoms with Crippen molar-refractivity contribution in [2.75, 3.05) is 13.1 Å². The molecule has 2 unspecified atom stereocenters. The molecule has 1 fully saturated rings. The average molecular weight is 490 g/mol. The smallest absolute Gasteiger partial charge is 0.410 e. The topological polar surface area (TPSA) is 125 Å². The van der Waals surface area contributed by atoms with E-state index in [1.807, 2.05) is 65.0 Å². The van der Waals surface area contributed by atoms with Crippen molar-refractivity contribution < 1.29 is 29.0 Å². The van der Waals surface area contributed by atoms with Gasteiger partial charge in [-0.25, -0.2) is 4.79 Å². The fourth-order valence-corrected chi connectivity index (χ4v) is 4.18. The van der Waals surface area contributed by atoms with E-state index in [9.17, 15) is 19.2 Å². The van der Waals surface area contributed by atoms with E-state index < -0.39 is 41.1 Å². The van der Waals surface area contributed by atoms with Gasteiger partial charge >= 0.3 is 12.1 Å². The Morgan fingerprint density at radius 2 is 1.60 bits per heavy atom. The molecule has 2 atom stereocenters. The Kier molecular flexibility index (Phi) is 9.29. The third-order valence-corrected chi connectivity index (χ3v) is 6.09. The zero-order chi connectivity index (χ0) is 26.4. The maximum Gasteiger partial charge on any atom is 0.410 e. The summed E-state index contributed by atoms with van der Waals surface area (Å²) in [5, 5.41) is 14.5. The minimum Gasteiger partial charge on any atom is -0.480 e. The van der Waals surface area contributed by atoms with Crippen LogP contribution in [0, 0.1) is 5.92 Å². The van der Waals surface area contributed by atoms with E-state index in [2.05, 4.69) is 10.6 Å². The van der Waals surface area contributed by atoms with Crippen LogP contribution < -0.4 is 10.6 Å². The largest absolute Gasteiger partial charge is 0.480 e. The van der Waals surface area contributed by atoms with Crippen molar-refractivity contribution in [1.29, 1.82) is 0 Å². The van der Waals surface area contributed by atoms with Crippen LogP contribution in [0.1, 0.15) is 66.4 Å². The van der Waals surface area contributed by atoms with Crippen LogP contribution in [0.3, 0.4) is 0 Å². The molecule has 1 saturated heterocycles. The molecule has 0 saturated carbocycles. The molecule has 3 N–H and O–H groups in total. The number of ether oxygens (including phenoxy) is 1. The van der Waals surface area contributed by atoms with Gasteiger partial charge in [0.2, 0.25) is 11.8 Å². The Bertz CT molecular complexity index is 901.